The molecule has 1 unspecified atom stereocenters. The van der Waals surface area contributed by atoms with Gasteiger partial charge in [0.25, 0.3) is 0 Å². The van der Waals surface area contributed by atoms with Gasteiger partial charge in [0.2, 0.25) is 17.9 Å². The lowest BCUT2D eigenvalue weighted by Crippen LogP contribution is -2.32. The van der Waals surface area contributed by atoms with Gasteiger partial charge in [-0.2, -0.15) is 18.2 Å². The molecule has 0 aliphatic heterocycles. The lowest BCUT2D eigenvalue weighted by molar-refractivity contribution is -0.199. The first-order chi connectivity index (χ1) is 18.5. The normalized spacial score (nSPS) is 17.2. The number of rotatable bonds is 9. The van der Waals surface area contributed by atoms with E-state index < -0.39 is 24.3 Å². The minimum absolute atomic E-state index is 0.0153. The lowest BCUT2D eigenvalue weighted by atomic mass is 9.84. The highest BCUT2D eigenvalue weighted by Gasteiger charge is 2.45. The second-order valence-electron chi connectivity index (χ2n) is 9.36. The van der Waals surface area contributed by atoms with Gasteiger partial charge in [0.05, 0.1) is 12.8 Å². The number of nitrogens with zero attached hydrogens (tertiary/aromatic N) is 2. The lowest BCUT2D eigenvalue weighted by Gasteiger charge is -2.25. The van der Waals surface area contributed by atoms with E-state index in [1.807, 2.05) is 36.4 Å². The topological polar surface area (TPSA) is 134 Å². The first-order valence-electron chi connectivity index (χ1n) is 12.3. The summed E-state index contributed by atoms with van der Waals surface area (Å²) >= 11 is 0. The molecule has 0 saturated heterocycles. The van der Waals surface area contributed by atoms with Crippen LogP contribution in [0.15, 0.2) is 60.7 Å². The molecule has 0 amide bonds. The van der Waals surface area contributed by atoms with Crippen molar-refractivity contribution in [3.63, 3.8) is 0 Å². The summed E-state index contributed by atoms with van der Waals surface area (Å²) in [7, 11) is 1.30. The number of alkyl halides is 3. The highest BCUT2D eigenvalue weighted by atomic mass is 19.4. The number of anilines is 1. The van der Waals surface area contributed by atoms with Crippen LogP contribution < -0.4 is 20.9 Å². The number of carbonyl (C=O) groups is 1. The summed E-state index contributed by atoms with van der Waals surface area (Å²) in [6, 6.07) is 14.0. The molecule has 39 heavy (non-hydrogen) atoms. The Kier molecular flexibility index (Phi) is 8.39. The van der Waals surface area contributed by atoms with Gasteiger partial charge in [-0.25, -0.2) is 4.98 Å². The molecule has 0 saturated carbocycles. The van der Waals surface area contributed by atoms with E-state index in [1.54, 1.807) is 6.07 Å². The van der Waals surface area contributed by atoms with E-state index in [-0.39, 0.29) is 29.1 Å². The van der Waals surface area contributed by atoms with Crippen molar-refractivity contribution in [2.24, 2.45) is 11.7 Å². The highest BCUT2D eigenvalue weighted by molar-refractivity contribution is 5.73. The predicted octanol–water partition coefficient (Wildman–Crippen LogP) is 5.40. The van der Waals surface area contributed by atoms with Gasteiger partial charge in [-0.15, -0.1) is 0 Å². The molecule has 0 radical (unpaired) electrons. The molecule has 2 aromatic carbocycles. The van der Waals surface area contributed by atoms with Gasteiger partial charge in [0, 0.05) is 11.6 Å². The molecule has 1 heterocycles. The first-order valence-corrected chi connectivity index (χ1v) is 12.3. The molecule has 3 atom stereocenters. The number of nitrogens with two attached hydrogens (primary N) is 2. The van der Waals surface area contributed by atoms with Crippen LogP contribution in [0.4, 0.5) is 19.1 Å². The number of benzene rings is 2. The third-order valence-corrected chi connectivity index (χ3v) is 6.63. The number of carboxylic acids is 1. The van der Waals surface area contributed by atoms with E-state index in [9.17, 15) is 18.0 Å². The SMILES string of the molecule is COc1cc(-c2ccccc2)ccc1[C@@H](Oc1cc(C2=CCC(C[C@H](N)C(=O)O)CC2)nc(N)n1)C(F)(F)F. The van der Waals surface area contributed by atoms with Gasteiger partial charge >= 0.3 is 12.1 Å². The predicted molar refractivity (Wildman–Crippen MR) is 140 cm³/mol. The fourth-order valence-corrected chi connectivity index (χ4v) is 4.63. The number of carboxylic acid groups (broad SMARTS) is 1. The highest BCUT2D eigenvalue weighted by Crippen LogP contribution is 2.42. The minimum atomic E-state index is -4.79. The van der Waals surface area contributed by atoms with E-state index >= 15 is 0 Å². The van der Waals surface area contributed by atoms with E-state index in [0.717, 1.165) is 11.1 Å². The van der Waals surface area contributed by atoms with Crippen LogP contribution in [0, 0.1) is 5.92 Å². The summed E-state index contributed by atoms with van der Waals surface area (Å²) in [5, 5.41) is 9.04. The molecular formula is C28H29F3N4O4. The summed E-state index contributed by atoms with van der Waals surface area (Å²) in [6.45, 7) is 0. The van der Waals surface area contributed by atoms with Gasteiger partial charge < -0.3 is 26.0 Å². The molecule has 1 aliphatic rings. The second kappa shape index (κ2) is 11.7. The van der Waals surface area contributed by atoms with Crippen molar-refractivity contribution in [2.45, 2.75) is 44.0 Å². The molecule has 1 aliphatic carbocycles. The maximum absolute atomic E-state index is 14.3. The Morgan fingerprint density at radius 1 is 1.13 bits per heavy atom. The Balaban J connectivity index is 1.60. The molecule has 5 N–H and O–H groups in total. The molecule has 0 spiro atoms. The first kappa shape index (κ1) is 27.9. The summed E-state index contributed by atoms with van der Waals surface area (Å²) in [5.74, 6) is -1.52. The van der Waals surface area contributed by atoms with Crippen LogP contribution in [0.3, 0.4) is 0 Å². The molecule has 8 nitrogen and oxygen atoms in total. The van der Waals surface area contributed by atoms with Crippen molar-refractivity contribution in [2.75, 3.05) is 12.8 Å². The number of halogens is 3. The van der Waals surface area contributed by atoms with Crippen LogP contribution in [0.5, 0.6) is 11.6 Å². The van der Waals surface area contributed by atoms with Crippen molar-refractivity contribution >= 4 is 17.5 Å². The molecular weight excluding hydrogens is 513 g/mol. The summed E-state index contributed by atoms with van der Waals surface area (Å²) in [4.78, 5) is 19.1. The van der Waals surface area contributed by atoms with Crippen molar-refractivity contribution in [1.29, 1.82) is 0 Å². The van der Waals surface area contributed by atoms with Crippen molar-refractivity contribution in [3.8, 4) is 22.8 Å². The van der Waals surface area contributed by atoms with E-state index in [2.05, 4.69) is 9.97 Å². The third-order valence-electron chi connectivity index (χ3n) is 6.63. The zero-order chi connectivity index (χ0) is 28.2. The van der Waals surface area contributed by atoms with Crippen molar-refractivity contribution < 1.29 is 32.5 Å². The molecule has 0 bridgehead atoms. The maximum Gasteiger partial charge on any atom is 0.429 e. The molecule has 4 rings (SSSR count). The summed E-state index contributed by atoms with van der Waals surface area (Å²) in [6.07, 6.45) is -3.21. The number of methoxy groups -OCH3 is 1. The fourth-order valence-electron chi connectivity index (χ4n) is 4.63. The average Bonchev–Trinajstić information content (AvgIpc) is 2.91. The molecule has 0 fully saturated rings. The van der Waals surface area contributed by atoms with Gasteiger partial charge in [0.1, 0.15) is 11.8 Å². The van der Waals surface area contributed by atoms with Gasteiger partial charge in [-0.3, -0.25) is 4.79 Å². The number of hydrogen-bond acceptors (Lipinski definition) is 7. The van der Waals surface area contributed by atoms with Crippen LogP contribution in [-0.4, -0.2) is 40.4 Å². The monoisotopic (exact) mass is 542 g/mol. The number of aromatic nitrogens is 2. The number of aliphatic carboxylic acids is 1. The van der Waals surface area contributed by atoms with Gasteiger partial charge in [0.15, 0.2) is 0 Å². The van der Waals surface area contributed by atoms with Crippen LogP contribution in [0.1, 0.15) is 43.0 Å². The van der Waals surface area contributed by atoms with Crippen molar-refractivity contribution in [1.82, 2.24) is 9.97 Å². The summed E-state index contributed by atoms with van der Waals surface area (Å²) in [5.41, 5.74) is 13.9. The average molecular weight is 543 g/mol. The molecule has 3 aromatic rings. The Morgan fingerprint density at radius 2 is 1.87 bits per heavy atom. The molecule has 11 heteroatoms. The minimum Gasteiger partial charge on any atom is -0.496 e. The van der Waals surface area contributed by atoms with Crippen LogP contribution in [0.25, 0.3) is 16.7 Å². The largest absolute Gasteiger partial charge is 0.496 e. The molecule has 1 aromatic heterocycles. The number of allylic oxidation sites excluding steroid dienone is 2. The standard InChI is InChI=1S/C28H29F3N4O4/c1-38-23-14-19(17-5-3-2-4-6-17)11-12-20(23)25(28(29,30)31)39-24-15-22(34-27(33)35-24)18-9-7-16(8-10-18)13-21(32)26(36)37/h2-6,9,11-12,14-16,21,25H,7-8,10,13,32H2,1H3,(H,36,37)(H2,33,34,35)/t16?,21-,25+/m0/s1. The zero-order valence-electron chi connectivity index (χ0n) is 21.2. The number of nitrogen functional groups attached to an aromatic ring is 1. The number of ether oxygens (including phenoxy) is 2. The maximum atomic E-state index is 14.3. The quantitative estimate of drug-likeness (QED) is 0.327. The van der Waals surface area contributed by atoms with Crippen LogP contribution >= 0.6 is 0 Å². The van der Waals surface area contributed by atoms with Crippen LogP contribution in [0.2, 0.25) is 0 Å². The smallest absolute Gasteiger partial charge is 0.429 e. The zero-order valence-corrected chi connectivity index (χ0v) is 21.2. The van der Waals surface area contributed by atoms with E-state index in [1.165, 1.54) is 25.3 Å². The van der Waals surface area contributed by atoms with Crippen molar-refractivity contribution in [3.05, 3.63) is 71.9 Å². The van der Waals surface area contributed by atoms with E-state index in [0.29, 0.717) is 36.9 Å². The molecule has 206 valence electrons. The Morgan fingerprint density at radius 3 is 2.49 bits per heavy atom. The van der Waals surface area contributed by atoms with E-state index in [4.69, 9.17) is 26.0 Å². The Bertz CT molecular complexity index is 1350. The summed E-state index contributed by atoms with van der Waals surface area (Å²) < 4.78 is 53.6. The second-order valence-corrected chi connectivity index (χ2v) is 9.36. The third kappa shape index (κ3) is 6.85. The Labute approximate surface area is 223 Å². The van der Waals surface area contributed by atoms with Gasteiger partial charge in [-0.1, -0.05) is 48.5 Å². The Hall–Kier alpha value is -4.12. The fraction of sp³-hybridized carbons (Fsp3) is 0.321. The number of hydrogen-bond donors (Lipinski definition) is 3. The van der Waals surface area contributed by atoms with Crippen LogP contribution in [-0.2, 0) is 4.79 Å². The van der Waals surface area contributed by atoms with Gasteiger partial charge in [-0.05, 0) is 54.4 Å².